The predicted molar refractivity (Wildman–Crippen MR) is 82.2 cm³/mol. The minimum Gasteiger partial charge on any atom is -0.391 e. The summed E-state index contributed by atoms with van der Waals surface area (Å²) >= 11 is 1.48. The summed E-state index contributed by atoms with van der Waals surface area (Å²) in [7, 11) is -2.92. The Morgan fingerprint density at radius 1 is 1.55 bits per heavy atom. The largest absolute Gasteiger partial charge is 0.391 e. The van der Waals surface area contributed by atoms with Gasteiger partial charge in [-0.15, -0.1) is 0 Å². The highest BCUT2D eigenvalue weighted by Crippen LogP contribution is 2.34. The van der Waals surface area contributed by atoms with Crippen molar-refractivity contribution in [3.8, 4) is 0 Å². The minimum atomic E-state index is -2.92. The lowest BCUT2D eigenvalue weighted by Gasteiger charge is -2.32. The summed E-state index contributed by atoms with van der Waals surface area (Å²) in [6.07, 6.45) is 0.972. The third-order valence-electron chi connectivity index (χ3n) is 3.86. The van der Waals surface area contributed by atoms with E-state index in [0.29, 0.717) is 12.5 Å². The lowest BCUT2D eigenvalue weighted by atomic mass is 10.0. The van der Waals surface area contributed by atoms with Gasteiger partial charge in [0.15, 0.2) is 15.0 Å². The first-order chi connectivity index (χ1) is 9.38. The zero-order valence-corrected chi connectivity index (χ0v) is 13.8. The SMILES string of the molecule is CCC(C)c1nc(N2CCS(=O)(=O)CC2C)sc1CO. The van der Waals surface area contributed by atoms with Crippen molar-refractivity contribution in [1.29, 1.82) is 0 Å². The van der Waals surface area contributed by atoms with E-state index in [0.717, 1.165) is 22.1 Å². The van der Waals surface area contributed by atoms with Crippen molar-refractivity contribution in [2.24, 2.45) is 0 Å². The van der Waals surface area contributed by atoms with Gasteiger partial charge in [0, 0.05) is 12.6 Å². The molecule has 2 unspecified atom stereocenters. The second kappa shape index (κ2) is 5.99. The molecule has 0 bridgehead atoms. The number of aliphatic hydroxyl groups is 1. The van der Waals surface area contributed by atoms with E-state index in [9.17, 15) is 13.5 Å². The first-order valence-corrected chi connectivity index (χ1v) is 9.59. The molecule has 0 saturated carbocycles. The molecule has 0 spiro atoms. The van der Waals surface area contributed by atoms with Crippen molar-refractivity contribution in [3.05, 3.63) is 10.6 Å². The van der Waals surface area contributed by atoms with Crippen molar-refractivity contribution in [2.45, 2.75) is 45.8 Å². The number of aliphatic hydroxyl groups excluding tert-OH is 1. The average molecular weight is 318 g/mol. The van der Waals surface area contributed by atoms with E-state index in [-0.39, 0.29) is 24.2 Å². The number of rotatable bonds is 4. The van der Waals surface area contributed by atoms with Gasteiger partial charge in [0.25, 0.3) is 0 Å². The molecule has 1 fully saturated rings. The predicted octanol–water partition coefficient (Wildman–Crippen LogP) is 1.77. The van der Waals surface area contributed by atoms with Gasteiger partial charge >= 0.3 is 0 Å². The maximum absolute atomic E-state index is 11.6. The van der Waals surface area contributed by atoms with Gasteiger partial charge in [0.2, 0.25) is 0 Å². The van der Waals surface area contributed by atoms with Crippen LogP contribution < -0.4 is 4.90 Å². The molecule has 0 amide bonds. The molecule has 1 aromatic rings. The normalized spacial score (nSPS) is 23.8. The molecular formula is C13H22N2O3S2. The van der Waals surface area contributed by atoms with Crippen LogP contribution in [0.5, 0.6) is 0 Å². The second-order valence-corrected chi connectivity index (χ2v) is 8.72. The maximum Gasteiger partial charge on any atom is 0.186 e. The first-order valence-electron chi connectivity index (χ1n) is 6.95. The molecular weight excluding hydrogens is 296 g/mol. The van der Waals surface area contributed by atoms with Crippen LogP contribution >= 0.6 is 11.3 Å². The fraction of sp³-hybridized carbons (Fsp3) is 0.769. The highest BCUT2D eigenvalue weighted by atomic mass is 32.2. The molecule has 1 saturated heterocycles. The van der Waals surface area contributed by atoms with Gasteiger partial charge < -0.3 is 10.0 Å². The Bertz CT molecular complexity index is 568. The zero-order chi connectivity index (χ0) is 14.9. The number of aromatic nitrogens is 1. The van der Waals surface area contributed by atoms with Crippen molar-refractivity contribution >= 4 is 26.3 Å². The summed E-state index contributed by atoms with van der Waals surface area (Å²) in [5, 5.41) is 10.3. The van der Waals surface area contributed by atoms with Gasteiger partial charge in [-0.1, -0.05) is 25.2 Å². The number of anilines is 1. The van der Waals surface area contributed by atoms with Crippen LogP contribution in [0.3, 0.4) is 0 Å². The number of hydrogen-bond acceptors (Lipinski definition) is 6. The molecule has 1 N–H and O–H groups in total. The second-order valence-electron chi connectivity index (χ2n) is 5.43. The van der Waals surface area contributed by atoms with Crippen molar-refractivity contribution < 1.29 is 13.5 Å². The lowest BCUT2D eigenvalue weighted by molar-refractivity contribution is 0.283. The summed E-state index contributed by atoms with van der Waals surface area (Å²) < 4.78 is 23.3. The number of sulfone groups is 1. The number of nitrogens with zero attached hydrogens (tertiary/aromatic N) is 2. The van der Waals surface area contributed by atoms with Crippen LogP contribution in [-0.2, 0) is 16.4 Å². The van der Waals surface area contributed by atoms with E-state index in [4.69, 9.17) is 0 Å². The Balaban J connectivity index is 2.27. The quantitative estimate of drug-likeness (QED) is 0.916. The van der Waals surface area contributed by atoms with Gasteiger partial charge in [-0.2, -0.15) is 0 Å². The van der Waals surface area contributed by atoms with Gasteiger partial charge in [0.1, 0.15) is 0 Å². The van der Waals surface area contributed by atoms with Crippen molar-refractivity contribution in [2.75, 3.05) is 23.0 Å². The van der Waals surface area contributed by atoms with Crippen LogP contribution in [0.25, 0.3) is 0 Å². The molecule has 1 aromatic heterocycles. The van der Waals surface area contributed by atoms with Crippen LogP contribution in [-0.4, -0.2) is 42.6 Å². The molecule has 20 heavy (non-hydrogen) atoms. The Hall–Kier alpha value is -0.660. The highest BCUT2D eigenvalue weighted by Gasteiger charge is 2.30. The first kappa shape index (κ1) is 15.7. The summed E-state index contributed by atoms with van der Waals surface area (Å²) in [6, 6.07) is -0.0591. The highest BCUT2D eigenvalue weighted by molar-refractivity contribution is 7.91. The third-order valence-corrected chi connectivity index (χ3v) is 6.74. The van der Waals surface area contributed by atoms with Gasteiger partial charge in [0.05, 0.1) is 28.7 Å². The lowest BCUT2D eigenvalue weighted by Crippen LogP contribution is -2.47. The van der Waals surface area contributed by atoms with Crippen molar-refractivity contribution in [1.82, 2.24) is 4.98 Å². The van der Waals surface area contributed by atoms with Crippen LogP contribution in [0.15, 0.2) is 0 Å². The fourth-order valence-electron chi connectivity index (χ4n) is 2.45. The van der Waals surface area contributed by atoms with Crippen LogP contribution in [0, 0.1) is 0 Å². The molecule has 0 aliphatic carbocycles. The van der Waals surface area contributed by atoms with Crippen LogP contribution in [0.4, 0.5) is 5.13 Å². The molecule has 2 rings (SSSR count). The van der Waals surface area contributed by atoms with E-state index in [1.165, 1.54) is 11.3 Å². The minimum absolute atomic E-state index is 0.00212. The Morgan fingerprint density at radius 3 is 2.80 bits per heavy atom. The van der Waals surface area contributed by atoms with Crippen LogP contribution in [0.1, 0.15) is 43.7 Å². The van der Waals surface area contributed by atoms with Gasteiger partial charge in [-0.05, 0) is 19.3 Å². The summed E-state index contributed by atoms with van der Waals surface area (Å²) in [5.41, 5.74) is 0.954. The van der Waals surface area contributed by atoms with E-state index in [1.807, 2.05) is 6.92 Å². The van der Waals surface area contributed by atoms with E-state index in [1.54, 1.807) is 0 Å². The van der Waals surface area contributed by atoms with Gasteiger partial charge in [-0.3, -0.25) is 0 Å². The van der Waals surface area contributed by atoms with Gasteiger partial charge in [-0.25, -0.2) is 13.4 Å². The summed E-state index contributed by atoms with van der Waals surface area (Å²) in [5.74, 6) is 0.676. The molecule has 5 nitrogen and oxygen atoms in total. The third kappa shape index (κ3) is 3.15. The smallest absolute Gasteiger partial charge is 0.186 e. The number of thiazole rings is 1. The van der Waals surface area contributed by atoms with E-state index in [2.05, 4.69) is 23.7 Å². The molecule has 1 aliphatic heterocycles. The molecule has 7 heteroatoms. The average Bonchev–Trinajstić information content (AvgIpc) is 2.80. The standard InChI is InChI=1S/C13H22N2O3S2/c1-4-9(2)12-11(7-16)19-13(14-12)15-5-6-20(17,18)8-10(15)3/h9-10,16H,4-8H2,1-3H3. The van der Waals surface area contributed by atoms with E-state index < -0.39 is 9.84 Å². The maximum atomic E-state index is 11.6. The number of hydrogen-bond donors (Lipinski definition) is 1. The Kier molecular flexibility index (Phi) is 4.71. The summed E-state index contributed by atoms with van der Waals surface area (Å²) in [4.78, 5) is 7.61. The molecule has 1 aliphatic rings. The molecule has 114 valence electrons. The monoisotopic (exact) mass is 318 g/mol. The van der Waals surface area contributed by atoms with E-state index >= 15 is 0 Å². The zero-order valence-electron chi connectivity index (χ0n) is 12.2. The summed E-state index contributed by atoms with van der Waals surface area (Å²) in [6.45, 7) is 6.60. The molecule has 2 atom stereocenters. The molecule has 2 heterocycles. The molecule has 0 aromatic carbocycles. The topological polar surface area (TPSA) is 70.5 Å². The van der Waals surface area contributed by atoms with Crippen LogP contribution in [0.2, 0.25) is 0 Å². The Morgan fingerprint density at radius 2 is 2.25 bits per heavy atom. The van der Waals surface area contributed by atoms with Crippen molar-refractivity contribution in [3.63, 3.8) is 0 Å². The molecule has 0 radical (unpaired) electrons. The fourth-order valence-corrected chi connectivity index (χ4v) is 5.17. The Labute approximate surface area is 124 Å².